The highest BCUT2D eigenvalue weighted by molar-refractivity contribution is 5.68. The first kappa shape index (κ1) is 10.1. The predicted molar refractivity (Wildman–Crippen MR) is 70.3 cm³/mol. The van der Waals surface area contributed by atoms with Gasteiger partial charge in [-0.3, -0.25) is 0 Å². The molecule has 3 nitrogen and oxygen atoms in total. The van der Waals surface area contributed by atoms with Crippen LogP contribution in [-0.2, 0) is 0 Å². The summed E-state index contributed by atoms with van der Waals surface area (Å²) in [4.78, 5) is 4.42. The normalized spacial score (nSPS) is 17.8. The van der Waals surface area contributed by atoms with Gasteiger partial charge in [0.15, 0.2) is 0 Å². The molecule has 0 aliphatic carbocycles. The van der Waals surface area contributed by atoms with Crippen molar-refractivity contribution >= 4 is 11.5 Å². The van der Waals surface area contributed by atoms with Crippen LogP contribution in [0.3, 0.4) is 0 Å². The van der Waals surface area contributed by atoms with E-state index in [1.807, 2.05) is 12.3 Å². The Bertz CT molecular complexity index is 522. The summed E-state index contributed by atoms with van der Waals surface area (Å²) in [5.41, 5.74) is 3.56. The lowest BCUT2D eigenvalue weighted by Crippen LogP contribution is -2.26. The van der Waals surface area contributed by atoms with Gasteiger partial charge in [-0.25, -0.2) is 4.98 Å². The molecule has 0 amide bonds. The van der Waals surface area contributed by atoms with E-state index >= 15 is 0 Å². The molecular weight excluding hydrogens is 210 g/mol. The molecule has 1 aliphatic heterocycles. The van der Waals surface area contributed by atoms with Gasteiger partial charge in [0.25, 0.3) is 0 Å². The average Bonchev–Trinajstić information content (AvgIpc) is 2.39. The average molecular weight is 225 g/mol. The molecular formula is C14H15N3. The van der Waals surface area contributed by atoms with Crippen LogP contribution in [0.15, 0.2) is 42.6 Å². The standard InChI is InChI=1S/C14H15N3/c1-10-7-12-14(16-8-10)17-13(9-15-12)11-5-3-2-4-6-11/h2-8,13,15H,9H2,1H3,(H,16,17). The maximum absolute atomic E-state index is 4.42. The molecule has 2 aromatic rings. The summed E-state index contributed by atoms with van der Waals surface area (Å²) < 4.78 is 0. The number of anilines is 2. The summed E-state index contributed by atoms with van der Waals surface area (Å²) in [6.45, 7) is 2.94. The molecule has 0 bridgehead atoms. The quantitative estimate of drug-likeness (QED) is 0.783. The molecule has 0 spiro atoms. The van der Waals surface area contributed by atoms with Gasteiger partial charge in [-0.1, -0.05) is 30.3 Å². The molecule has 2 N–H and O–H groups in total. The Morgan fingerprint density at radius 2 is 2.06 bits per heavy atom. The van der Waals surface area contributed by atoms with E-state index in [-0.39, 0.29) is 0 Å². The number of aryl methyl sites for hydroxylation is 1. The molecule has 0 fully saturated rings. The molecule has 0 saturated heterocycles. The van der Waals surface area contributed by atoms with Crippen LogP contribution in [0.5, 0.6) is 0 Å². The topological polar surface area (TPSA) is 37.0 Å². The number of benzene rings is 1. The molecule has 17 heavy (non-hydrogen) atoms. The molecule has 0 saturated carbocycles. The zero-order valence-corrected chi connectivity index (χ0v) is 9.77. The molecule has 86 valence electrons. The van der Waals surface area contributed by atoms with Crippen molar-refractivity contribution in [2.45, 2.75) is 13.0 Å². The zero-order valence-electron chi connectivity index (χ0n) is 9.77. The Labute approximate surface area is 101 Å². The van der Waals surface area contributed by atoms with Gasteiger partial charge >= 0.3 is 0 Å². The Kier molecular flexibility index (Phi) is 2.44. The minimum atomic E-state index is 0.291. The lowest BCUT2D eigenvalue weighted by atomic mass is 10.0. The Balaban J connectivity index is 1.88. The second-order valence-electron chi connectivity index (χ2n) is 4.40. The van der Waals surface area contributed by atoms with E-state index < -0.39 is 0 Å². The molecule has 0 radical (unpaired) electrons. The number of pyridine rings is 1. The highest BCUT2D eigenvalue weighted by Gasteiger charge is 2.19. The first-order valence-electron chi connectivity index (χ1n) is 5.85. The lowest BCUT2D eigenvalue weighted by Gasteiger charge is -2.27. The predicted octanol–water partition coefficient (Wildman–Crippen LogP) is 2.97. The second kappa shape index (κ2) is 4.09. The van der Waals surface area contributed by atoms with Crippen LogP contribution in [0.1, 0.15) is 17.2 Å². The fraction of sp³-hybridized carbons (Fsp3) is 0.214. The van der Waals surface area contributed by atoms with E-state index in [1.165, 1.54) is 11.1 Å². The summed E-state index contributed by atoms with van der Waals surface area (Å²) in [6.07, 6.45) is 1.89. The van der Waals surface area contributed by atoms with Gasteiger partial charge in [0.2, 0.25) is 0 Å². The van der Waals surface area contributed by atoms with Crippen LogP contribution in [0.2, 0.25) is 0 Å². The monoisotopic (exact) mass is 225 g/mol. The van der Waals surface area contributed by atoms with Crippen molar-refractivity contribution < 1.29 is 0 Å². The number of fused-ring (bicyclic) bond motifs is 1. The van der Waals surface area contributed by atoms with E-state index in [0.717, 1.165) is 18.1 Å². The van der Waals surface area contributed by atoms with Crippen molar-refractivity contribution in [1.29, 1.82) is 0 Å². The number of hydrogen-bond donors (Lipinski definition) is 2. The maximum Gasteiger partial charge on any atom is 0.149 e. The third-order valence-electron chi connectivity index (χ3n) is 3.03. The van der Waals surface area contributed by atoms with Crippen LogP contribution >= 0.6 is 0 Å². The van der Waals surface area contributed by atoms with Crippen LogP contribution in [0.4, 0.5) is 11.5 Å². The third kappa shape index (κ3) is 1.96. The van der Waals surface area contributed by atoms with Crippen LogP contribution in [-0.4, -0.2) is 11.5 Å². The van der Waals surface area contributed by atoms with Gasteiger partial charge in [-0.05, 0) is 24.1 Å². The van der Waals surface area contributed by atoms with Crippen molar-refractivity contribution in [3.63, 3.8) is 0 Å². The smallest absolute Gasteiger partial charge is 0.149 e. The van der Waals surface area contributed by atoms with Gasteiger partial charge in [-0.2, -0.15) is 0 Å². The first-order chi connectivity index (χ1) is 8.33. The largest absolute Gasteiger partial charge is 0.380 e. The SMILES string of the molecule is Cc1cnc2c(c1)NCC(c1ccccc1)N2. The van der Waals surface area contributed by atoms with Crippen LogP contribution < -0.4 is 10.6 Å². The maximum atomic E-state index is 4.42. The summed E-state index contributed by atoms with van der Waals surface area (Å²) >= 11 is 0. The lowest BCUT2D eigenvalue weighted by molar-refractivity contribution is 0.793. The molecule has 2 heterocycles. The number of nitrogens with one attached hydrogen (secondary N) is 2. The molecule has 3 heteroatoms. The second-order valence-corrected chi connectivity index (χ2v) is 4.40. The van der Waals surface area contributed by atoms with Gasteiger partial charge in [0, 0.05) is 12.7 Å². The van der Waals surface area contributed by atoms with Crippen LogP contribution in [0, 0.1) is 6.92 Å². The van der Waals surface area contributed by atoms with E-state index in [0.29, 0.717) is 6.04 Å². The van der Waals surface area contributed by atoms with Gasteiger partial charge < -0.3 is 10.6 Å². The third-order valence-corrected chi connectivity index (χ3v) is 3.03. The van der Waals surface area contributed by atoms with Gasteiger partial charge in [0.05, 0.1) is 11.7 Å². The molecule has 1 aromatic carbocycles. The Hall–Kier alpha value is -2.03. The number of hydrogen-bond acceptors (Lipinski definition) is 3. The molecule has 1 aliphatic rings. The van der Waals surface area contributed by atoms with Crippen molar-refractivity contribution in [1.82, 2.24) is 4.98 Å². The zero-order chi connectivity index (χ0) is 11.7. The van der Waals surface area contributed by atoms with E-state index in [4.69, 9.17) is 0 Å². The van der Waals surface area contributed by atoms with Crippen molar-refractivity contribution in [2.24, 2.45) is 0 Å². The van der Waals surface area contributed by atoms with E-state index in [1.54, 1.807) is 0 Å². The van der Waals surface area contributed by atoms with Crippen molar-refractivity contribution in [3.8, 4) is 0 Å². The fourth-order valence-corrected chi connectivity index (χ4v) is 2.13. The highest BCUT2D eigenvalue weighted by atomic mass is 15.1. The summed E-state index contributed by atoms with van der Waals surface area (Å²) in [7, 11) is 0. The Morgan fingerprint density at radius 3 is 2.88 bits per heavy atom. The molecule has 3 rings (SSSR count). The van der Waals surface area contributed by atoms with E-state index in [2.05, 4.69) is 52.9 Å². The molecule has 1 unspecified atom stereocenters. The number of nitrogens with zero attached hydrogens (tertiary/aromatic N) is 1. The summed E-state index contributed by atoms with van der Waals surface area (Å²) in [5.74, 6) is 0.940. The molecule has 1 atom stereocenters. The minimum absolute atomic E-state index is 0.291. The number of aromatic nitrogens is 1. The van der Waals surface area contributed by atoms with Crippen molar-refractivity contribution in [3.05, 3.63) is 53.7 Å². The van der Waals surface area contributed by atoms with Gasteiger partial charge in [0.1, 0.15) is 5.82 Å². The first-order valence-corrected chi connectivity index (χ1v) is 5.85. The van der Waals surface area contributed by atoms with Crippen molar-refractivity contribution in [2.75, 3.05) is 17.2 Å². The Morgan fingerprint density at radius 1 is 1.24 bits per heavy atom. The number of rotatable bonds is 1. The van der Waals surface area contributed by atoms with E-state index in [9.17, 15) is 0 Å². The van der Waals surface area contributed by atoms with Crippen LogP contribution in [0.25, 0.3) is 0 Å². The summed E-state index contributed by atoms with van der Waals surface area (Å²) in [5, 5.41) is 6.89. The highest BCUT2D eigenvalue weighted by Crippen LogP contribution is 2.29. The van der Waals surface area contributed by atoms with Gasteiger partial charge in [-0.15, -0.1) is 0 Å². The summed E-state index contributed by atoms with van der Waals surface area (Å²) in [6, 6.07) is 12.9. The minimum Gasteiger partial charge on any atom is -0.380 e. The molecule has 1 aromatic heterocycles. The fourth-order valence-electron chi connectivity index (χ4n) is 2.13.